The predicted octanol–water partition coefficient (Wildman–Crippen LogP) is 2.28. The molecule has 0 saturated carbocycles. The molecule has 0 spiro atoms. The Balaban J connectivity index is 1.71. The summed E-state index contributed by atoms with van der Waals surface area (Å²) in [5.74, 6) is 3.26. The van der Waals surface area contributed by atoms with Gasteiger partial charge in [-0.15, -0.1) is 12.3 Å². The van der Waals surface area contributed by atoms with Crippen LogP contribution in [0.2, 0.25) is 0 Å². The molecule has 0 fully saturated rings. The monoisotopic (exact) mass is 324 g/mol. The molecule has 2 aromatic rings. The van der Waals surface area contributed by atoms with Gasteiger partial charge in [-0.25, -0.2) is 9.97 Å². The zero-order valence-corrected chi connectivity index (χ0v) is 14.1. The molecule has 7 heteroatoms. The normalized spacial score (nSPS) is 14.6. The molecule has 0 unspecified atom stereocenters. The highest BCUT2D eigenvalue weighted by Crippen LogP contribution is 2.36. The van der Waals surface area contributed by atoms with Gasteiger partial charge in [0.1, 0.15) is 11.3 Å². The van der Waals surface area contributed by atoms with Crippen LogP contribution in [0.5, 0.6) is 0 Å². The van der Waals surface area contributed by atoms with Crippen molar-refractivity contribution in [1.29, 1.82) is 0 Å². The first-order valence-corrected chi connectivity index (χ1v) is 7.92. The van der Waals surface area contributed by atoms with E-state index < -0.39 is 0 Å². The molecule has 0 bridgehead atoms. The van der Waals surface area contributed by atoms with Crippen molar-refractivity contribution in [2.24, 2.45) is 17.3 Å². The number of fused-ring (bicyclic) bond motifs is 1. The van der Waals surface area contributed by atoms with Gasteiger partial charge in [0.15, 0.2) is 11.3 Å². The molecule has 124 valence electrons. The Hall–Kier alpha value is -2.75. The molecule has 3 heterocycles. The van der Waals surface area contributed by atoms with E-state index >= 15 is 0 Å². The van der Waals surface area contributed by atoms with Gasteiger partial charge in [0.25, 0.3) is 5.91 Å². The van der Waals surface area contributed by atoms with E-state index in [1.54, 1.807) is 6.07 Å². The minimum absolute atomic E-state index is 0.156. The van der Waals surface area contributed by atoms with Crippen LogP contribution >= 0.6 is 0 Å². The largest absolute Gasteiger partial charge is 0.352 e. The SMILES string of the molecule is C#CCCC1(CCNC(=O)c2cc(C)nc3c2nc(C)n3C)N=N1. The second-order valence-electron chi connectivity index (χ2n) is 6.09. The Morgan fingerprint density at radius 1 is 1.33 bits per heavy atom. The Labute approximate surface area is 140 Å². The number of nitrogens with zero attached hydrogens (tertiary/aromatic N) is 5. The van der Waals surface area contributed by atoms with Gasteiger partial charge in [-0.05, 0) is 19.9 Å². The summed E-state index contributed by atoms with van der Waals surface area (Å²) in [6.07, 6.45) is 7.31. The molecule has 0 aliphatic carbocycles. The molecule has 2 aromatic heterocycles. The number of hydrogen-bond donors (Lipinski definition) is 1. The van der Waals surface area contributed by atoms with Gasteiger partial charge in [0.05, 0.1) is 5.56 Å². The lowest BCUT2D eigenvalue weighted by atomic mass is 10.0. The molecule has 0 aromatic carbocycles. The molecular weight excluding hydrogens is 304 g/mol. The average Bonchev–Trinajstić information content (AvgIpc) is 3.27. The summed E-state index contributed by atoms with van der Waals surface area (Å²) in [5.41, 5.74) is 2.29. The van der Waals surface area contributed by atoms with Crippen LogP contribution in [0.1, 0.15) is 41.1 Å². The summed E-state index contributed by atoms with van der Waals surface area (Å²) >= 11 is 0. The van der Waals surface area contributed by atoms with E-state index in [0.29, 0.717) is 30.5 Å². The minimum Gasteiger partial charge on any atom is -0.352 e. The van der Waals surface area contributed by atoms with E-state index in [9.17, 15) is 4.79 Å². The third-order valence-electron chi connectivity index (χ3n) is 4.29. The van der Waals surface area contributed by atoms with E-state index in [1.807, 2.05) is 25.5 Å². The number of hydrogen-bond acceptors (Lipinski definition) is 5. The van der Waals surface area contributed by atoms with Crippen molar-refractivity contribution in [1.82, 2.24) is 19.9 Å². The van der Waals surface area contributed by atoms with Crippen LogP contribution in [0.15, 0.2) is 16.3 Å². The van der Waals surface area contributed by atoms with E-state index in [1.165, 1.54) is 0 Å². The zero-order chi connectivity index (χ0) is 17.3. The molecule has 0 saturated heterocycles. The zero-order valence-electron chi connectivity index (χ0n) is 14.1. The minimum atomic E-state index is -0.384. The fraction of sp³-hybridized carbons (Fsp3) is 0.471. The maximum absolute atomic E-state index is 12.6. The third-order valence-corrected chi connectivity index (χ3v) is 4.29. The first-order chi connectivity index (χ1) is 11.5. The van der Waals surface area contributed by atoms with Crippen molar-refractivity contribution in [2.75, 3.05) is 6.54 Å². The van der Waals surface area contributed by atoms with Crippen molar-refractivity contribution in [2.45, 2.75) is 38.8 Å². The fourth-order valence-corrected chi connectivity index (χ4v) is 2.70. The van der Waals surface area contributed by atoms with Gasteiger partial charge in [0, 0.05) is 38.5 Å². The Morgan fingerprint density at radius 3 is 2.75 bits per heavy atom. The Morgan fingerprint density at radius 2 is 2.08 bits per heavy atom. The quantitative estimate of drug-likeness (QED) is 0.827. The lowest BCUT2D eigenvalue weighted by Crippen LogP contribution is -2.28. The van der Waals surface area contributed by atoms with E-state index in [4.69, 9.17) is 6.42 Å². The predicted molar refractivity (Wildman–Crippen MR) is 90.6 cm³/mol. The number of carbonyl (C=O) groups is 1. The molecule has 1 aliphatic rings. The average molecular weight is 324 g/mol. The number of aromatic nitrogens is 3. The summed E-state index contributed by atoms with van der Waals surface area (Å²) < 4.78 is 1.88. The van der Waals surface area contributed by atoms with Crippen molar-refractivity contribution in [3.63, 3.8) is 0 Å². The first kappa shape index (κ1) is 16.1. The van der Waals surface area contributed by atoms with Crippen LogP contribution in [-0.2, 0) is 7.05 Å². The van der Waals surface area contributed by atoms with E-state index in [0.717, 1.165) is 23.6 Å². The van der Waals surface area contributed by atoms with Gasteiger partial charge >= 0.3 is 0 Å². The summed E-state index contributed by atoms with van der Waals surface area (Å²) in [6, 6.07) is 1.77. The smallest absolute Gasteiger partial charge is 0.253 e. The lowest BCUT2D eigenvalue weighted by Gasteiger charge is -2.10. The van der Waals surface area contributed by atoms with Crippen LogP contribution in [0.3, 0.4) is 0 Å². The van der Waals surface area contributed by atoms with Crippen molar-refractivity contribution >= 4 is 17.1 Å². The molecule has 24 heavy (non-hydrogen) atoms. The fourth-order valence-electron chi connectivity index (χ4n) is 2.70. The van der Waals surface area contributed by atoms with Gasteiger partial charge in [-0.3, -0.25) is 4.79 Å². The number of aryl methyl sites for hydroxylation is 3. The number of amides is 1. The van der Waals surface area contributed by atoms with E-state index in [-0.39, 0.29) is 11.6 Å². The maximum atomic E-state index is 12.6. The van der Waals surface area contributed by atoms with Gasteiger partial charge in [0.2, 0.25) is 0 Å². The summed E-state index contributed by atoms with van der Waals surface area (Å²) in [4.78, 5) is 21.5. The molecule has 1 amide bonds. The number of terminal acetylenes is 1. The van der Waals surface area contributed by atoms with Crippen LogP contribution in [-0.4, -0.2) is 32.6 Å². The van der Waals surface area contributed by atoms with Crippen LogP contribution < -0.4 is 5.32 Å². The Bertz CT molecular complexity index is 867. The molecular formula is C17H20N6O. The topological polar surface area (TPSA) is 84.5 Å². The lowest BCUT2D eigenvalue weighted by molar-refractivity contribution is 0.0953. The van der Waals surface area contributed by atoms with Crippen LogP contribution in [0.4, 0.5) is 0 Å². The second kappa shape index (κ2) is 6.04. The summed E-state index contributed by atoms with van der Waals surface area (Å²) in [5, 5.41) is 11.1. The summed E-state index contributed by atoms with van der Waals surface area (Å²) in [6.45, 7) is 4.25. The third kappa shape index (κ3) is 3.00. The molecule has 3 rings (SSSR count). The highest BCUT2D eigenvalue weighted by atomic mass is 16.1. The Kier molecular flexibility index (Phi) is 4.06. The first-order valence-electron chi connectivity index (χ1n) is 7.92. The van der Waals surface area contributed by atoms with Gasteiger partial charge in [-0.1, -0.05) is 0 Å². The number of pyridine rings is 1. The van der Waals surface area contributed by atoms with Crippen molar-refractivity contribution in [3.8, 4) is 12.3 Å². The molecule has 1 N–H and O–H groups in total. The number of nitrogens with one attached hydrogen (secondary N) is 1. The number of rotatable bonds is 6. The highest BCUT2D eigenvalue weighted by Gasteiger charge is 2.38. The second-order valence-corrected chi connectivity index (χ2v) is 6.09. The van der Waals surface area contributed by atoms with Crippen molar-refractivity contribution in [3.05, 3.63) is 23.1 Å². The molecule has 1 aliphatic heterocycles. The van der Waals surface area contributed by atoms with Crippen molar-refractivity contribution < 1.29 is 4.79 Å². The van der Waals surface area contributed by atoms with Gasteiger partial charge < -0.3 is 9.88 Å². The number of imidazole rings is 1. The maximum Gasteiger partial charge on any atom is 0.253 e. The molecule has 7 nitrogen and oxygen atoms in total. The van der Waals surface area contributed by atoms with Crippen LogP contribution in [0, 0.1) is 26.2 Å². The standard InChI is InChI=1S/C17H20N6O/c1-5-6-7-17(21-22-17)8-9-18-16(24)13-10-11(2)19-15-14(13)20-12(3)23(15)4/h1,10H,6-9H2,2-4H3,(H,18,24). The highest BCUT2D eigenvalue weighted by molar-refractivity contribution is 6.04. The van der Waals surface area contributed by atoms with E-state index in [2.05, 4.69) is 31.4 Å². The van der Waals surface area contributed by atoms with Crippen LogP contribution in [0.25, 0.3) is 11.2 Å². The summed E-state index contributed by atoms with van der Waals surface area (Å²) in [7, 11) is 1.89. The molecule has 0 radical (unpaired) electrons. The number of carbonyl (C=O) groups excluding carboxylic acids is 1. The van der Waals surface area contributed by atoms with Gasteiger partial charge in [-0.2, -0.15) is 10.2 Å². The molecule has 0 atom stereocenters.